The molecule has 0 N–H and O–H groups in total. The first kappa shape index (κ1) is 18.7. The van der Waals surface area contributed by atoms with Crippen LogP contribution in [0.15, 0.2) is 18.2 Å². The van der Waals surface area contributed by atoms with E-state index in [4.69, 9.17) is 16.6 Å². The number of aryl methyl sites for hydroxylation is 3. The van der Waals surface area contributed by atoms with Gasteiger partial charge in [0.05, 0.1) is 5.39 Å². The lowest BCUT2D eigenvalue weighted by Crippen LogP contribution is -2.25. The van der Waals surface area contributed by atoms with Crippen LogP contribution in [-0.2, 0) is 6.42 Å². The Bertz CT molecular complexity index is 971. The van der Waals surface area contributed by atoms with Crippen LogP contribution >= 0.6 is 22.9 Å². The average Bonchev–Trinajstić information content (AvgIpc) is 2.82. The molecular weight excluding hydrogens is 374 g/mol. The third-order valence-corrected chi connectivity index (χ3v) is 7.00. The van der Waals surface area contributed by atoms with Gasteiger partial charge in [-0.05, 0) is 61.4 Å². The highest BCUT2D eigenvalue weighted by molar-refractivity contribution is 7.19. The van der Waals surface area contributed by atoms with Crippen molar-refractivity contribution in [1.82, 2.24) is 9.97 Å². The maximum Gasteiger partial charge on any atom is 0.225 e. The van der Waals surface area contributed by atoms with Gasteiger partial charge in [-0.1, -0.05) is 38.0 Å². The standard InChI is InChI=1S/C22H26ClN3S/c1-4-17-18(16-10-9-14(2)15(3)13-16)19-20(24-22(23)25-21(19)27-17)26-11-7-5-6-8-12-26/h9-10,13H,4-8,11-12H2,1-3H3. The zero-order chi connectivity index (χ0) is 19.0. The summed E-state index contributed by atoms with van der Waals surface area (Å²) in [5.41, 5.74) is 5.21. The first-order valence-corrected chi connectivity index (χ1v) is 11.1. The summed E-state index contributed by atoms with van der Waals surface area (Å²) < 4.78 is 0. The van der Waals surface area contributed by atoms with Crippen LogP contribution < -0.4 is 4.90 Å². The second-order valence-electron chi connectivity index (χ2n) is 7.45. The molecule has 4 rings (SSSR count). The Morgan fingerprint density at radius 3 is 2.44 bits per heavy atom. The first-order chi connectivity index (χ1) is 13.1. The number of fused-ring (bicyclic) bond motifs is 1. The third kappa shape index (κ3) is 3.57. The molecule has 3 heterocycles. The fourth-order valence-corrected chi connectivity index (χ4v) is 5.31. The van der Waals surface area contributed by atoms with Crippen LogP contribution in [0.2, 0.25) is 5.28 Å². The highest BCUT2D eigenvalue weighted by atomic mass is 35.5. The van der Waals surface area contributed by atoms with Crippen LogP contribution in [-0.4, -0.2) is 23.1 Å². The van der Waals surface area contributed by atoms with E-state index in [2.05, 4.69) is 48.9 Å². The fraction of sp³-hybridized carbons (Fsp3) is 0.455. The van der Waals surface area contributed by atoms with Gasteiger partial charge in [0.2, 0.25) is 5.28 Å². The molecule has 0 amide bonds. The van der Waals surface area contributed by atoms with E-state index >= 15 is 0 Å². The molecule has 142 valence electrons. The molecule has 0 aliphatic carbocycles. The molecule has 0 spiro atoms. The van der Waals surface area contributed by atoms with E-state index in [1.807, 2.05) is 0 Å². The number of hydrogen-bond acceptors (Lipinski definition) is 4. The molecule has 1 aromatic carbocycles. The van der Waals surface area contributed by atoms with Crippen LogP contribution in [0.3, 0.4) is 0 Å². The molecule has 1 saturated heterocycles. The van der Waals surface area contributed by atoms with Crippen molar-refractivity contribution in [2.24, 2.45) is 0 Å². The van der Waals surface area contributed by atoms with Crippen LogP contribution in [0.5, 0.6) is 0 Å². The maximum absolute atomic E-state index is 6.34. The smallest absolute Gasteiger partial charge is 0.225 e. The van der Waals surface area contributed by atoms with Crippen LogP contribution in [0, 0.1) is 13.8 Å². The number of halogens is 1. The quantitative estimate of drug-likeness (QED) is 0.466. The number of hydrogen-bond donors (Lipinski definition) is 0. The molecule has 2 aromatic heterocycles. The van der Waals surface area contributed by atoms with Gasteiger partial charge in [-0.3, -0.25) is 0 Å². The molecule has 1 aliphatic rings. The lowest BCUT2D eigenvalue weighted by atomic mass is 9.98. The van der Waals surface area contributed by atoms with Gasteiger partial charge in [-0.2, -0.15) is 4.98 Å². The summed E-state index contributed by atoms with van der Waals surface area (Å²) >= 11 is 8.10. The third-order valence-electron chi connectivity index (χ3n) is 5.60. The molecule has 5 heteroatoms. The predicted molar refractivity (Wildman–Crippen MR) is 117 cm³/mol. The molecule has 0 atom stereocenters. The van der Waals surface area contributed by atoms with E-state index in [-0.39, 0.29) is 0 Å². The van der Waals surface area contributed by atoms with Gasteiger partial charge in [0.1, 0.15) is 10.6 Å². The molecular formula is C22H26ClN3S. The zero-order valence-corrected chi connectivity index (χ0v) is 17.9. The fourth-order valence-electron chi connectivity index (χ4n) is 3.97. The monoisotopic (exact) mass is 399 g/mol. The minimum absolute atomic E-state index is 0.359. The highest BCUT2D eigenvalue weighted by Gasteiger charge is 2.23. The van der Waals surface area contributed by atoms with Gasteiger partial charge >= 0.3 is 0 Å². The molecule has 3 aromatic rings. The van der Waals surface area contributed by atoms with Crippen molar-refractivity contribution in [3.8, 4) is 11.1 Å². The Balaban J connectivity index is 1.97. The average molecular weight is 400 g/mol. The summed E-state index contributed by atoms with van der Waals surface area (Å²) in [5.74, 6) is 1.02. The Morgan fingerprint density at radius 2 is 1.78 bits per heavy atom. The molecule has 3 nitrogen and oxygen atoms in total. The van der Waals surface area contributed by atoms with Crippen molar-refractivity contribution in [2.45, 2.75) is 52.9 Å². The number of nitrogens with zero attached hydrogens (tertiary/aromatic N) is 3. The summed E-state index contributed by atoms with van der Waals surface area (Å²) in [4.78, 5) is 14.1. The Morgan fingerprint density at radius 1 is 1.04 bits per heavy atom. The molecule has 1 aliphatic heterocycles. The topological polar surface area (TPSA) is 29.0 Å². The van der Waals surface area contributed by atoms with Crippen molar-refractivity contribution >= 4 is 39.0 Å². The summed E-state index contributed by atoms with van der Waals surface area (Å²) in [6, 6.07) is 6.76. The summed E-state index contributed by atoms with van der Waals surface area (Å²) in [6.45, 7) is 8.66. The number of rotatable bonds is 3. The molecule has 0 saturated carbocycles. The summed E-state index contributed by atoms with van der Waals surface area (Å²) in [5, 5.41) is 1.55. The number of thiophene rings is 1. The van der Waals surface area contributed by atoms with E-state index in [9.17, 15) is 0 Å². The van der Waals surface area contributed by atoms with Crippen molar-refractivity contribution in [2.75, 3.05) is 18.0 Å². The van der Waals surface area contributed by atoms with E-state index in [0.717, 1.165) is 30.2 Å². The van der Waals surface area contributed by atoms with Crippen molar-refractivity contribution in [3.05, 3.63) is 39.5 Å². The van der Waals surface area contributed by atoms with Crippen molar-refractivity contribution in [3.63, 3.8) is 0 Å². The van der Waals surface area contributed by atoms with Gasteiger partial charge in [-0.15, -0.1) is 11.3 Å². The normalized spacial score (nSPS) is 15.3. The minimum Gasteiger partial charge on any atom is -0.356 e. The highest BCUT2D eigenvalue weighted by Crippen LogP contribution is 2.43. The Labute approximate surface area is 170 Å². The van der Waals surface area contributed by atoms with Crippen molar-refractivity contribution < 1.29 is 0 Å². The first-order valence-electron chi connectivity index (χ1n) is 9.90. The Kier molecular flexibility index (Phi) is 5.38. The molecule has 27 heavy (non-hydrogen) atoms. The summed E-state index contributed by atoms with van der Waals surface area (Å²) in [6.07, 6.45) is 6.01. The molecule has 0 unspecified atom stereocenters. The van der Waals surface area contributed by atoms with Gasteiger partial charge in [0.25, 0.3) is 0 Å². The molecule has 1 fully saturated rings. The van der Waals surface area contributed by atoms with Gasteiger partial charge in [-0.25, -0.2) is 4.98 Å². The zero-order valence-electron chi connectivity index (χ0n) is 16.3. The van der Waals surface area contributed by atoms with Crippen molar-refractivity contribution in [1.29, 1.82) is 0 Å². The molecule has 0 radical (unpaired) electrons. The van der Waals surface area contributed by atoms with Crippen LogP contribution in [0.4, 0.5) is 5.82 Å². The Hall–Kier alpha value is -1.65. The van der Waals surface area contributed by atoms with E-state index in [1.165, 1.54) is 58.2 Å². The second-order valence-corrected chi connectivity index (χ2v) is 8.87. The number of benzene rings is 1. The minimum atomic E-state index is 0.359. The number of anilines is 1. The lowest BCUT2D eigenvalue weighted by molar-refractivity contribution is 0.726. The number of aromatic nitrogens is 2. The van der Waals surface area contributed by atoms with E-state index < -0.39 is 0 Å². The lowest BCUT2D eigenvalue weighted by Gasteiger charge is -2.23. The van der Waals surface area contributed by atoms with Gasteiger partial charge in [0.15, 0.2) is 0 Å². The second kappa shape index (κ2) is 7.76. The summed E-state index contributed by atoms with van der Waals surface area (Å²) in [7, 11) is 0. The van der Waals surface area contributed by atoms with E-state index in [0.29, 0.717) is 5.28 Å². The van der Waals surface area contributed by atoms with Gasteiger partial charge < -0.3 is 4.90 Å². The van der Waals surface area contributed by atoms with E-state index in [1.54, 1.807) is 11.3 Å². The predicted octanol–water partition coefficient (Wildman–Crippen LogP) is 6.57. The van der Waals surface area contributed by atoms with Crippen LogP contribution in [0.1, 0.15) is 48.6 Å². The van der Waals surface area contributed by atoms with Crippen LogP contribution in [0.25, 0.3) is 21.3 Å². The molecule has 0 bridgehead atoms. The SMILES string of the molecule is CCc1sc2nc(Cl)nc(N3CCCCCC3)c2c1-c1ccc(C)c(C)c1. The largest absolute Gasteiger partial charge is 0.356 e. The maximum atomic E-state index is 6.34. The van der Waals surface area contributed by atoms with Gasteiger partial charge in [0, 0.05) is 23.5 Å².